The second kappa shape index (κ2) is 6.97. The maximum absolute atomic E-state index is 12.4. The molecule has 3 fully saturated rings. The van der Waals surface area contributed by atoms with E-state index in [1.807, 2.05) is 31.8 Å². The molecule has 23 heavy (non-hydrogen) atoms. The molecule has 0 aliphatic carbocycles. The lowest BCUT2D eigenvalue weighted by atomic mass is 9.75. The van der Waals surface area contributed by atoms with Crippen molar-refractivity contribution in [3.63, 3.8) is 0 Å². The zero-order valence-electron chi connectivity index (χ0n) is 14.3. The van der Waals surface area contributed by atoms with Gasteiger partial charge in [0.1, 0.15) is 0 Å². The number of carbonyl (C=O) groups excluding carboxylic acids is 1. The van der Waals surface area contributed by atoms with Gasteiger partial charge in [0.2, 0.25) is 5.91 Å². The Morgan fingerprint density at radius 1 is 1.48 bits per heavy atom. The van der Waals surface area contributed by atoms with Gasteiger partial charge in [0.25, 0.3) is 0 Å². The van der Waals surface area contributed by atoms with Gasteiger partial charge in [-0.15, -0.1) is 5.10 Å². The smallest absolute Gasteiger partial charge is 0.224 e. The molecular formula is C16H28N6O. The van der Waals surface area contributed by atoms with Crippen LogP contribution < -0.4 is 10.6 Å². The van der Waals surface area contributed by atoms with Crippen molar-refractivity contribution in [2.45, 2.75) is 51.9 Å². The van der Waals surface area contributed by atoms with Crippen LogP contribution >= 0.6 is 0 Å². The summed E-state index contributed by atoms with van der Waals surface area (Å²) in [5, 5.41) is 14.6. The Hall–Kier alpha value is -1.47. The fourth-order valence-corrected chi connectivity index (χ4v) is 3.92. The van der Waals surface area contributed by atoms with Gasteiger partial charge in [-0.1, -0.05) is 5.21 Å². The lowest BCUT2D eigenvalue weighted by Crippen LogP contribution is -2.58. The summed E-state index contributed by atoms with van der Waals surface area (Å²) in [6.07, 6.45) is 4.23. The molecule has 3 aliphatic heterocycles. The first-order valence-electron chi connectivity index (χ1n) is 8.65. The highest BCUT2D eigenvalue weighted by Crippen LogP contribution is 2.36. The highest BCUT2D eigenvalue weighted by molar-refractivity contribution is 5.79. The molecule has 0 saturated carbocycles. The number of fused-ring (bicyclic) bond motifs is 3. The normalized spacial score (nSPS) is 29.9. The molecule has 1 aromatic heterocycles. The van der Waals surface area contributed by atoms with Crippen LogP contribution in [0.5, 0.6) is 0 Å². The second-order valence-electron chi connectivity index (χ2n) is 7.17. The number of rotatable bonds is 6. The zero-order chi connectivity index (χ0) is 16.4. The molecule has 4 rings (SSSR count). The average molecular weight is 320 g/mol. The van der Waals surface area contributed by atoms with E-state index in [0.717, 1.165) is 44.7 Å². The van der Waals surface area contributed by atoms with Crippen LogP contribution in [0.4, 0.5) is 0 Å². The number of piperidine rings is 3. The van der Waals surface area contributed by atoms with Crippen molar-refractivity contribution in [1.82, 2.24) is 30.5 Å². The highest BCUT2D eigenvalue weighted by Gasteiger charge is 2.43. The van der Waals surface area contributed by atoms with Gasteiger partial charge in [-0.2, -0.15) is 0 Å². The summed E-state index contributed by atoms with van der Waals surface area (Å²) in [5.74, 6) is 0.882. The molecule has 2 bridgehead atoms. The van der Waals surface area contributed by atoms with Crippen LogP contribution in [-0.2, 0) is 17.9 Å². The number of hydrogen-bond donors (Lipinski definition) is 2. The summed E-state index contributed by atoms with van der Waals surface area (Å²) in [6.45, 7) is 7.63. The zero-order valence-corrected chi connectivity index (χ0v) is 14.3. The number of aromatic nitrogens is 3. The second-order valence-corrected chi connectivity index (χ2v) is 7.17. The minimum absolute atomic E-state index is 0.151. The van der Waals surface area contributed by atoms with E-state index in [1.165, 1.54) is 0 Å². The number of hydrogen-bond acceptors (Lipinski definition) is 5. The third-order valence-electron chi connectivity index (χ3n) is 4.99. The van der Waals surface area contributed by atoms with Gasteiger partial charge >= 0.3 is 0 Å². The summed E-state index contributed by atoms with van der Waals surface area (Å²) < 4.78 is 1.95. The van der Waals surface area contributed by atoms with Crippen molar-refractivity contribution >= 4 is 5.91 Å². The maximum atomic E-state index is 12.4. The van der Waals surface area contributed by atoms with Crippen LogP contribution in [0.15, 0.2) is 6.20 Å². The molecule has 3 aliphatic rings. The fourth-order valence-electron chi connectivity index (χ4n) is 3.92. The predicted molar refractivity (Wildman–Crippen MR) is 87.6 cm³/mol. The van der Waals surface area contributed by atoms with Gasteiger partial charge in [-0.25, -0.2) is 0 Å². The van der Waals surface area contributed by atoms with E-state index >= 15 is 0 Å². The molecule has 0 aromatic carbocycles. The van der Waals surface area contributed by atoms with E-state index in [2.05, 4.69) is 25.8 Å². The lowest BCUT2D eigenvalue weighted by molar-refractivity contribution is -0.133. The highest BCUT2D eigenvalue weighted by atomic mass is 16.2. The molecule has 4 unspecified atom stereocenters. The Kier molecular flexibility index (Phi) is 4.96. The van der Waals surface area contributed by atoms with Gasteiger partial charge in [0, 0.05) is 31.4 Å². The summed E-state index contributed by atoms with van der Waals surface area (Å²) in [6, 6.07) is 0.690. The lowest BCUT2D eigenvalue weighted by Gasteiger charge is -2.49. The van der Waals surface area contributed by atoms with Crippen LogP contribution in [-0.4, -0.2) is 58.0 Å². The fraction of sp³-hybridized carbons (Fsp3) is 0.812. The first-order valence-corrected chi connectivity index (χ1v) is 8.65. The molecule has 0 radical (unpaired) electrons. The van der Waals surface area contributed by atoms with E-state index in [1.54, 1.807) is 0 Å². The van der Waals surface area contributed by atoms with Crippen molar-refractivity contribution in [2.75, 3.05) is 20.1 Å². The molecule has 128 valence electrons. The average Bonchev–Trinajstić information content (AvgIpc) is 2.95. The summed E-state index contributed by atoms with van der Waals surface area (Å²) in [7, 11) is 1.91. The molecule has 1 amide bonds. The van der Waals surface area contributed by atoms with Crippen molar-refractivity contribution in [3.05, 3.63) is 11.9 Å². The third-order valence-corrected chi connectivity index (χ3v) is 4.99. The number of amides is 1. The Labute approximate surface area is 137 Å². The van der Waals surface area contributed by atoms with E-state index in [9.17, 15) is 4.79 Å². The Morgan fingerprint density at radius 2 is 2.30 bits per heavy atom. The molecule has 7 heteroatoms. The summed E-state index contributed by atoms with van der Waals surface area (Å²) in [4.78, 5) is 14.8. The number of nitrogens with zero attached hydrogens (tertiary/aromatic N) is 4. The largest absolute Gasteiger partial charge is 0.354 e. The standard InChI is InChI=1S/C16H28N6O/c1-11(2)18-16(23)15-10-21-5-4-12(15)6-14(21)9-22-8-13(7-17-3)19-20-22/h8,11-12,14-15,17H,4-7,9-10H2,1-3H3,(H,18,23). The number of carbonyl (C=O) groups is 1. The van der Waals surface area contributed by atoms with Gasteiger partial charge in [0.05, 0.1) is 18.2 Å². The quantitative estimate of drug-likeness (QED) is 0.785. The van der Waals surface area contributed by atoms with E-state index in [-0.39, 0.29) is 17.9 Å². The van der Waals surface area contributed by atoms with E-state index < -0.39 is 0 Å². The first kappa shape index (κ1) is 16.4. The van der Waals surface area contributed by atoms with Crippen molar-refractivity contribution in [3.8, 4) is 0 Å². The minimum Gasteiger partial charge on any atom is -0.354 e. The molecule has 0 spiro atoms. The topological polar surface area (TPSA) is 75.1 Å². The van der Waals surface area contributed by atoms with Crippen LogP contribution in [0.3, 0.4) is 0 Å². The van der Waals surface area contributed by atoms with Crippen molar-refractivity contribution in [2.24, 2.45) is 11.8 Å². The Morgan fingerprint density at radius 3 is 2.96 bits per heavy atom. The summed E-state index contributed by atoms with van der Waals surface area (Å²) in [5.41, 5.74) is 0.970. The maximum Gasteiger partial charge on any atom is 0.224 e. The van der Waals surface area contributed by atoms with Gasteiger partial charge in [0.15, 0.2) is 0 Å². The van der Waals surface area contributed by atoms with Crippen LogP contribution in [0.2, 0.25) is 0 Å². The van der Waals surface area contributed by atoms with Crippen LogP contribution in [0, 0.1) is 11.8 Å². The monoisotopic (exact) mass is 320 g/mol. The molecule has 4 atom stereocenters. The van der Waals surface area contributed by atoms with Crippen molar-refractivity contribution in [1.29, 1.82) is 0 Å². The number of nitrogens with one attached hydrogen (secondary N) is 2. The van der Waals surface area contributed by atoms with Gasteiger partial charge < -0.3 is 10.6 Å². The van der Waals surface area contributed by atoms with E-state index in [4.69, 9.17) is 0 Å². The first-order chi connectivity index (χ1) is 11.1. The SMILES string of the molecule is CNCc1cn(CC2CC3CCN2CC3C(=O)NC(C)C)nn1. The van der Waals surface area contributed by atoms with Gasteiger partial charge in [-0.05, 0) is 46.2 Å². The molecule has 7 nitrogen and oxygen atoms in total. The summed E-state index contributed by atoms with van der Waals surface area (Å²) >= 11 is 0. The molecule has 1 aromatic rings. The van der Waals surface area contributed by atoms with Crippen LogP contribution in [0.25, 0.3) is 0 Å². The van der Waals surface area contributed by atoms with Gasteiger partial charge in [-0.3, -0.25) is 14.4 Å². The molecular weight excluding hydrogens is 292 g/mol. The predicted octanol–water partition coefficient (Wildman–Crippen LogP) is 0.233. The minimum atomic E-state index is 0.151. The van der Waals surface area contributed by atoms with Crippen molar-refractivity contribution < 1.29 is 4.79 Å². The molecule has 3 saturated heterocycles. The van der Waals surface area contributed by atoms with E-state index in [0.29, 0.717) is 12.0 Å². The Bertz CT molecular complexity index is 542. The molecule has 2 N–H and O–H groups in total. The Balaban J connectivity index is 1.59. The molecule has 4 heterocycles. The third kappa shape index (κ3) is 3.72. The van der Waals surface area contributed by atoms with Crippen LogP contribution in [0.1, 0.15) is 32.4 Å².